The summed E-state index contributed by atoms with van der Waals surface area (Å²) < 4.78 is 0. The second-order valence-corrected chi connectivity index (χ2v) is 4.17. The molecule has 2 N–H and O–H groups in total. The van der Waals surface area contributed by atoms with Gasteiger partial charge in [0.15, 0.2) is 0 Å². The van der Waals surface area contributed by atoms with Gasteiger partial charge < -0.3 is 5.73 Å². The summed E-state index contributed by atoms with van der Waals surface area (Å²) in [5.41, 5.74) is 6.08. The fraction of sp³-hybridized carbons (Fsp3) is 1.00. The fourth-order valence-electron chi connectivity index (χ4n) is 2.04. The Bertz CT molecular complexity index is 110. The molecule has 1 fully saturated rings. The van der Waals surface area contributed by atoms with E-state index < -0.39 is 0 Å². The second-order valence-electron chi connectivity index (χ2n) is 4.17. The van der Waals surface area contributed by atoms with Gasteiger partial charge in [0, 0.05) is 5.54 Å². The molecule has 0 spiro atoms. The van der Waals surface area contributed by atoms with E-state index >= 15 is 0 Å². The third-order valence-corrected chi connectivity index (χ3v) is 2.90. The Morgan fingerprint density at radius 3 is 2.10 bits per heavy atom. The minimum atomic E-state index is 0.0684. The second kappa shape index (κ2) is 2.54. The van der Waals surface area contributed by atoms with Crippen LogP contribution in [0.2, 0.25) is 0 Å². The largest absolute Gasteiger partial charge is 0.325 e. The van der Waals surface area contributed by atoms with E-state index in [-0.39, 0.29) is 5.54 Å². The zero-order valence-corrected chi connectivity index (χ0v) is 7.35. The van der Waals surface area contributed by atoms with Gasteiger partial charge in [-0.2, -0.15) is 0 Å². The van der Waals surface area contributed by atoms with E-state index in [2.05, 4.69) is 20.8 Å². The summed E-state index contributed by atoms with van der Waals surface area (Å²) in [4.78, 5) is 0. The molecular weight excluding hydrogens is 122 g/mol. The van der Waals surface area contributed by atoms with Crippen molar-refractivity contribution >= 4 is 0 Å². The van der Waals surface area contributed by atoms with E-state index in [0.29, 0.717) is 0 Å². The lowest BCUT2D eigenvalue weighted by molar-refractivity contribution is 0.0959. The van der Waals surface area contributed by atoms with E-state index in [0.717, 1.165) is 11.8 Å². The highest BCUT2D eigenvalue weighted by Gasteiger charge is 2.38. The molecule has 2 unspecified atom stereocenters. The van der Waals surface area contributed by atoms with Gasteiger partial charge in [-0.15, -0.1) is 0 Å². The first-order valence-corrected chi connectivity index (χ1v) is 4.34. The Morgan fingerprint density at radius 1 is 1.40 bits per heavy atom. The Balaban J connectivity index is 2.43. The van der Waals surface area contributed by atoms with Crippen LogP contribution in [-0.2, 0) is 0 Å². The number of rotatable bonds is 2. The molecular formula is C9H19N. The van der Waals surface area contributed by atoms with E-state index in [1.54, 1.807) is 0 Å². The third-order valence-electron chi connectivity index (χ3n) is 2.90. The van der Waals surface area contributed by atoms with E-state index in [1.807, 2.05) is 0 Å². The van der Waals surface area contributed by atoms with E-state index in [1.165, 1.54) is 19.3 Å². The first kappa shape index (κ1) is 8.06. The average Bonchev–Trinajstić information content (AvgIpc) is 1.57. The van der Waals surface area contributed by atoms with Crippen LogP contribution >= 0.6 is 0 Å². The normalized spacial score (nSPS) is 33.6. The van der Waals surface area contributed by atoms with Gasteiger partial charge in [-0.25, -0.2) is 0 Å². The zero-order valence-electron chi connectivity index (χ0n) is 7.35. The SMILES string of the molecule is CCC1CCC1C(C)(C)N. The summed E-state index contributed by atoms with van der Waals surface area (Å²) in [7, 11) is 0. The first-order valence-electron chi connectivity index (χ1n) is 4.34. The molecule has 0 aromatic rings. The number of nitrogens with two attached hydrogens (primary N) is 1. The smallest absolute Gasteiger partial charge is 0.0128 e. The van der Waals surface area contributed by atoms with Gasteiger partial charge >= 0.3 is 0 Å². The van der Waals surface area contributed by atoms with E-state index in [4.69, 9.17) is 5.73 Å². The Hall–Kier alpha value is -0.0400. The monoisotopic (exact) mass is 141 g/mol. The van der Waals surface area contributed by atoms with Crippen molar-refractivity contribution in [1.82, 2.24) is 0 Å². The summed E-state index contributed by atoms with van der Waals surface area (Å²) in [6.07, 6.45) is 4.06. The molecule has 1 aliphatic rings. The Kier molecular flexibility index (Phi) is 2.04. The van der Waals surface area contributed by atoms with Crippen molar-refractivity contribution in [2.24, 2.45) is 17.6 Å². The minimum Gasteiger partial charge on any atom is -0.325 e. The predicted octanol–water partition coefficient (Wildman–Crippen LogP) is 2.16. The summed E-state index contributed by atoms with van der Waals surface area (Å²) in [6.45, 7) is 6.57. The molecule has 0 radical (unpaired) electrons. The van der Waals surface area contributed by atoms with Crippen molar-refractivity contribution < 1.29 is 0 Å². The molecule has 1 nitrogen and oxygen atoms in total. The third kappa shape index (κ3) is 1.34. The van der Waals surface area contributed by atoms with Crippen LogP contribution in [0.1, 0.15) is 40.0 Å². The maximum atomic E-state index is 6.01. The zero-order chi connectivity index (χ0) is 7.78. The van der Waals surface area contributed by atoms with E-state index in [9.17, 15) is 0 Å². The van der Waals surface area contributed by atoms with Crippen LogP contribution in [0.4, 0.5) is 0 Å². The van der Waals surface area contributed by atoms with Gasteiger partial charge in [-0.1, -0.05) is 13.3 Å². The van der Waals surface area contributed by atoms with Crippen LogP contribution in [0.25, 0.3) is 0 Å². The van der Waals surface area contributed by atoms with Crippen LogP contribution in [0.5, 0.6) is 0 Å². The van der Waals surface area contributed by atoms with Crippen molar-refractivity contribution in [3.63, 3.8) is 0 Å². The molecule has 2 atom stereocenters. The van der Waals surface area contributed by atoms with Gasteiger partial charge in [0.2, 0.25) is 0 Å². The highest BCUT2D eigenvalue weighted by molar-refractivity contribution is 4.93. The van der Waals surface area contributed by atoms with Gasteiger partial charge in [0.25, 0.3) is 0 Å². The lowest BCUT2D eigenvalue weighted by Gasteiger charge is -2.44. The van der Waals surface area contributed by atoms with Crippen LogP contribution in [-0.4, -0.2) is 5.54 Å². The quantitative estimate of drug-likeness (QED) is 0.626. The van der Waals surface area contributed by atoms with Gasteiger partial charge in [-0.05, 0) is 38.5 Å². The fourth-order valence-corrected chi connectivity index (χ4v) is 2.04. The molecule has 60 valence electrons. The molecule has 1 rings (SSSR count). The summed E-state index contributed by atoms with van der Waals surface area (Å²) in [5, 5.41) is 0. The molecule has 0 amide bonds. The Morgan fingerprint density at radius 2 is 2.00 bits per heavy atom. The van der Waals surface area contributed by atoms with Crippen LogP contribution in [0, 0.1) is 11.8 Å². The highest BCUT2D eigenvalue weighted by Crippen LogP contribution is 2.42. The lowest BCUT2D eigenvalue weighted by Crippen LogP contribution is -2.49. The molecule has 0 heterocycles. The van der Waals surface area contributed by atoms with Gasteiger partial charge in [0.05, 0.1) is 0 Å². The lowest BCUT2D eigenvalue weighted by atomic mass is 9.64. The van der Waals surface area contributed by atoms with Gasteiger partial charge in [0.1, 0.15) is 0 Å². The molecule has 0 aromatic heterocycles. The first-order chi connectivity index (χ1) is 4.55. The van der Waals surface area contributed by atoms with Crippen LogP contribution < -0.4 is 5.73 Å². The maximum Gasteiger partial charge on any atom is 0.0128 e. The highest BCUT2D eigenvalue weighted by atomic mass is 14.7. The van der Waals surface area contributed by atoms with Crippen molar-refractivity contribution in [2.75, 3.05) is 0 Å². The molecule has 1 heteroatoms. The van der Waals surface area contributed by atoms with Crippen LogP contribution in [0.15, 0.2) is 0 Å². The van der Waals surface area contributed by atoms with Crippen molar-refractivity contribution in [3.05, 3.63) is 0 Å². The topological polar surface area (TPSA) is 26.0 Å². The molecule has 1 saturated carbocycles. The summed E-state index contributed by atoms with van der Waals surface area (Å²) in [5.74, 6) is 1.71. The van der Waals surface area contributed by atoms with Gasteiger partial charge in [-0.3, -0.25) is 0 Å². The summed E-state index contributed by atoms with van der Waals surface area (Å²) in [6, 6.07) is 0. The summed E-state index contributed by atoms with van der Waals surface area (Å²) >= 11 is 0. The molecule has 0 aliphatic heterocycles. The maximum absolute atomic E-state index is 6.01. The number of hydrogen-bond acceptors (Lipinski definition) is 1. The van der Waals surface area contributed by atoms with Crippen molar-refractivity contribution in [1.29, 1.82) is 0 Å². The van der Waals surface area contributed by atoms with Crippen LogP contribution in [0.3, 0.4) is 0 Å². The molecule has 0 bridgehead atoms. The molecule has 0 saturated heterocycles. The minimum absolute atomic E-state index is 0.0684. The number of hydrogen-bond donors (Lipinski definition) is 1. The molecule has 1 aliphatic carbocycles. The predicted molar refractivity (Wildman–Crippen MR) is 44.8 cm³/mol. The van der Waals surface area contributed by atoms with Crippen molar-refractivity contribution in [3.8, 4) is 0 Å². The Labute approximate surface area is 64.0 Å². The molecule has 10 heavy (non-hydrogen) atoms. The van der Waals surface area contributed by atoms with Crippen molar-refractivity contribution in [2.45, 2.75) is 45.6 Å². The molecule has 0 aromatic carbocycles. The standard InChI is InChI=1S/C9H19N/c1-4-7-5-6-8(7)9(2,3)10/h7-8H,4-6,10H2,1-3H3. The average molecular weight is 141 g/mol.